The molecule has 0 aromatic heterocycles. The molecule has 1 aliphatic rings. The van der Waals surface area contributed by atoms with Crippen molar-refractivity contribution in [2.45, 2.75) is 58.5 Å². The third-order valence-corrected chi connectivity index (χ3v) is 3.63. The van der Waals surface area contributed by atoms with E-state index in [0.29, 0.717) is 24.0 Å². The van der Waals surface area contributed by atoms with Gasteiger partial charge in [0, 0.05) is 13.5 Å². The molecule has 1 rings (SSSR count). The van der Waals surface area contributed by atoms with Crippen molar-refractivity contribution in [3.05, 3.63) is 0 Å². The Hall–Kier alpha value is -0.370. The number of rotatable bonds is 5. The van der Waals surface area contributed by atoms with Gasteiger partial charge in [0.25, 0.3) is 0 Å². The van der Waals surface area contributed by atoms with Crippen molar-refractivity contribution in [3.63, 3.8) is 0 Å². The third-order valence-electron chi connectivity index (χ3n) is 3.63. The van der Waals surface area contributed by atoms with Crippen molar-refractivity contribution < 1.29 is 9.53 Å². The summed E-state index contributed by atoms with van der Waals surface area (Å²) in [5.74, 6) is 1.41. The lowest BCUT2D eigenvalue weighted by Crippen LogP contribution is -2.36. The molecule has 0 aliphatic heterocycles. The summed E-state index contributed by atoms with van der Waals surface area (Å²) in [6.45, 7) is 4.31. The van der Waals surface area contributed by atoms with Crippen molar-refractivity contribution in [1.82, 2.24) is 0 Å². The van der Waals surface area contributed by atoms with E-state index in [1.54, 1.807) is 7.11 Å². The molecule has 1 saturated carbocycles. The highest BCUT2D eigenvalue weighted by Crippen LogP contribution is 2.33. The van der Waals surface area contributed by atoms with Gasteiger partial charge in [-0.25, -0.2) is 0 Å². The Kier molecular flexibility index (Phi) is 5.30. The summed E-state index contributed by atoms with van der Waals surface area (Å²) in [7, 11) is 1.68. The molecule has 0 bridgehead atoms. The lowest BCUT2D eigenvalue weighted by molar-refractivity contribution is -0.134. The molecule has 0 heterocycles. The lowest BCUT2D eigenvalue weighted by atomic mass is 9.76. The molecule has 3 unspecified atom stereocenters. The molecule has 0 N–H and O–H groups in total. The molecule has 88 valence electrons. The van der Waals surface area contributed by atoms with E-state index >= 15 is 0 Å². The first-order chi connectivity index (χ1) is 7.20. The Balaban J connectivity index is 2.59. The Labute approximate surface area is 93.4 Å². The van der Waals surface area contributed by atoms with E-state index in [2.05, 4.69) is 13.8 Å². The predicted molar refractivity (Wildman–Crippen MR) is 61.8 cm³/mol. The summed E-state index contributed by atoms with van der Waals surface area (Å²) in [6, 6.07) is 0. The Morgan fingerprint density at radius 2 is 2.07 bits per heavy atom. The number of ketones is 1. The molecular formula is C13H24O2. The predicted octanol–water partition coefficient (Wildman–Crippen LogP) is 3.20. The molecular weight excluding hydrogens is 188 g/mol. The van der Waals surface area contributed by atoms with Crippen LogP contribution in [0, 0.1) is 11.8 Å². The Morgan fingerprint density at radius 3 is 2.60 bits per heavy atom. The molecule has 1 fully saturated rings. The number of hydrogen-bond donors (Lipinski definition) is 0. The summed E-state index contributed by atoms with van der Waals surface area (Å²) in [5, 5.41) is 0. The van der Waals surface area contributed by atoms with Crippen LogP contribution in [0.3, 0.4) is 0 Å². The van der Waals surface area contributed by atoms with Crippen LogP contribution in [-0.4, -0.2) is 19.0 Å². The number of carbonyl (C=O) groups is 1. The molecule has 0 aromatic rings. The van der Waals surface area contributed by atoms with Gasteiger partial charge in [0.1, 0.15) is 6.10 Å². The van der Waals surface area contributed by atoms with Crippen molar-refractivity contribution in [2.75, 3.05) is 7.11 Å². The van der Waals surface area contributed by atoms with E-state index in [1.807, 2.05) is 0 Å². The average Bonchev–Trinajstić information content (AvgIpc) is 2.22. The highest BCUT2D eigenvalue weighted by atomic mass is 16.5. The van der Waals surface area contributed by atoms with E-state index in [9.17, 15) is 4.79 Å². The smallest absolute Gasteiger partial charge is 0.161 e. The number of ether oxygens (including phenoxy) is 1. The van der Waals surface area contributed by atoms with Gasteiger partial charge < -0.3 is 4.74 Å². The van der Waals surface area contributed by atoms with Gasteiger partial charge in [-0.3, -0.25) is 4.79 Å². The van der Waals surface area contributed by atoms with Crippen molar-refractivity contribution in [2.24, 2.45) is 11.8 Å². The van der Waals surface area contributed by atoms with Crippen LogP contribution in [0.2, 0.25) is 0 Å². The summed E-state index contributed by atoms with van der Waals surface area (Å²) < 4.78 is 5.43. The first-order valence-electron chi connectivity index (χ1n) is 6.26. The van der Waals surface area contributed by atoms with E-state index in [4.69, 9.17) is 4.74 Å². The van der Waals surface area contributed by atoms with Gasteiger partial charge in [-0.2, -0.15) is 0 Å². The molecule has 0 spiro atoms. The minimum atomic E-state index is -0.139. The highest BCUT2D eigenvalue weighted by molar-refractivity contribution is 5.83. The summed E-state index contributed by atoms with van der Waals surface area (Å²) >= 11 is 0. The molecule has 0 amide bonds. The van der Waals surface area contributed by atoms with Crippen LogP contribution in [0.1, 0.15) is 52.4 Å². The molecule has 1 aliphatic carbocycles. The van der Waals surface area contributed by atoms with E-state index in [0.717, 1.165) is 12.8 Å². The number of carbonyl (C=O) groups excluding carboxylic acids is 1. The average molecular weight is 212 g/mol. The van der Waals surface area contributed by atoms with Gasteiger partial charge >= 0.3 is 0 Å². The second-order valence-electron chi connectivity index (χ2n) is 4.80. The third kappa shape index (κ3) is 3.30. The van der Waals surface area contributed by atoms with Crippen LogP contribution < -0.4 is 0 Å². The molecule has 2 heteroatoms. The highest BCUT2D eigenvalue weighted by Gasteiger charge is 2.32. The zero-order chi connectivity index (χ0) is 11.3. The van der Waals surface area contributed by atoms with Gasteiger partial charge in [0.15, 0.2) is 5.78 Å². The molecule has 15 heavy (non-hydrogen) atoms. The van der Waals surface area contributed by atoms with Gasteiger partial charge in [0.05, 0.1) is 0 Å². The number of hydrogen-bond acceptors (Lipinski definition) is 2. The van der Waals surface area contributed by atoms with Crippen LogP contribution in [0.25, 0.3) is 0 Å². The summed E-state index contributed by atoms with van der Waals surface area (Å²) in [6.07, 6.45) is 6.45. The van der Waals surface area contributed by atoms with Gasteiger partial charge in [-0.15, -0.1) is 0 Å². The molecule has 0 saturated heterocycles. The molecule has 0 radical (unpaired) electrons. The standard InChI is InChI=1S/C13H24O2/c1-4-7-12(14)13(15-3)11-9-6-5-8-10(11)2/h10-11,13H,4-9H2,1-3H3. The van der Waals surface area contributed by atoms with Gasteiger partial charge in [-0.05, 0) is 24.7 Å². The first kappa shape index (κ1) is 12.7. The van der Waals surface area contributed by atoms with Crippen LogP contribution in [0.15, 0.2) is 0 Å². The van der Waals surface area contributed by atoms with E-state index in [-0.39, 0.29) is 6.10 Å². The monoisotopic (exact) mass is 212 g/mol. The molecule has 3 atom stereocenters. The Bertz CT molecular complexity index is 201. The van der Waals surface area contributed by atoms with Crippen molar-refractivity contribution in [1.29, 1.82) is 0 Å². The normalized spacial score (nSPS) is 28.7. The maximum Gasteiger partial charge on any atom is 0.161 e. The fourth-order valence-corrected chi connectivity index (χ4v) is 2.73. The van der Waals surface area contributed by atoms with E-state index in [1.165, 1.54) is 19.3 Å². The first-order valence-corrected chi connectivity index (χ1v) is 6.26. The van der Waals surface area contributed by atoms with Crippen molar-refractivity contribution in [3.8, 4) is 0 Å². The van der Waals surface area contributed by atoms with Crippen LogP contribution in [0.4, 0.5) is 0 Å². The second-order valence-corrected chi connectivity index (χ2v) is 4.80. The number of Topliss-reactive ketones (excluding diaryl/α,β-unsaturated/α-hetero) is 1. The fourth-order valence-electron chi connectivity index (χ4n) is 2.73. The second kappa shape index (κ2) is 6.26. The number of methoxy groups -OCH3 is 1. The van der Waals surface area contributed by atoms with Crippen molar-refractivity contribution >= 4 is 5.78 Å². The lowest BCUT2D eigenvalue weighted by Gasteiger charge is -2.33. The maximum atomic E-state index is 11.9. The largest absolute Gasteiger partial charge is 0.373 e. The summed E-state index contributed by atoms with van der Waals surface area (Å²) in [4.78, 5) is 11.9. The summed E-state index contributed by atoms with van der Waals surface area (Å²) in [5.41, 5.74) is 0. The zero-order valence-electron chi connectivity index (χ0n) is 10.3. The van der Waals surface area contributed by atoms with Crippen LogP contribution in [0.5, 0.6) is 0 Å². The Morgan fingerprint density at radius 1 is 1.40 bits per heavy atom. The van der Waals surface area contributed by atoms with Crippen LogP contribution in [-0.2, 0) is 9.53 Å². The topological polar surface area (TPSA) is 26.3 Å². The SMILES string of the molecule is CCCC(=O)C(OC)C1CCCCC1C. The minimum Gasteiger partial charge on any atom is -0.373 e. The van der Waals surface area contributed by atoms with Gasteiger partial charge in [-0.1, -0.05) is 33.1 Å². The molecule has 0 aromatic carbocycles. The van der Waals surface area contributed by atoms with Crippen LogP contribution >= 0.6 is 0 Å². The zero-order valence-corrected chi connectivity index (χ0v) is 10.3. The maximum absolute atomic E-state index is 11.9. The quantitative estimate of drug-likeness (QED) is 0.699. The minimum absolute atomic E-state index is 0.139. The fraction of sp³-hybridized carbons (Fsp3) is 0.923. The van der Waals surface area contributed by atoms with Gasteiger partial charge in [0.2, 0.25) is 0 Å². The van der Waals surface area contributed by atoms with E-state index < -0.39 is 0 Å². The molecule has 2 nitrogen and oxygen atoms in total.